The van der Waals surface area contributed by atoms with E-state index in [1.165, 1.54) is 6.92 Å². The molecule has 0 N–H and O–H groups in total. The highest BCUT2D eigenvalue weighted by Crippen LogP contribution is 2.47. The van der Waals surface area contributed by atoms with E-state index in [0.717, 1.165) is 40.9 Å². The van der Waals surface area contributed by atoms with Gasteiger partial charge < -0.3 is 0 Å². The molecule has 5 rings (SSSR count). The van der Waals surface area contributed by atoms with Gasteiger partial charge in [0.2, 0.25) is 0 Å². The van der Waals surface area contributed by atoms with Crippen LogP contribution in [0.5, 0.6) is 0 Å². The Kier molecular flexibility index (Phi) is 4.80. The lowest BCUT2D eigenvalue weighted by molar-refractivity contribution is 0.133. The summed E-state index contributed by atoms with van der Waals surface area (Å²) in [5.74, 6) is 0. The van der Waals surface area contributed by atoms with Crippen LogP contribution in [0.25, 0.3) is 28.0 Å². The minimum Gasteiger partial charge on any atom is -0.275 e. The summed E-state index contributed by atoms with van der Waals surface area (Å²) < 4.78 is 5.54. The van der Waals surface area contributed by atoms with Crippen LogP contribution in [0.3, 0.4) is 0 Å². The number of fused-ring (bicyclic) bond motifs is 1. The van der Waals surface area contributed by atoms with Crippen LogP contribution in [0.15, 0.2) is 43.2 Å². The first-order valence-corrected chi connectivity index (χ1v) is 9.56. The summed E-state index contributed by atoms with van der Waals surface area (Å²) >= 11 is 0. The number of hydrogen-bond acceptors (Lipinski definition) is 6. The molecule has 0 spiro atoms. The number of nitrogens with zero attached hydrogens (tertiary/aromatic N) is 9. The maximum Gasteiger partial charge on any atom is 0.0999 e. The van der Waals surface area contributed by atoms with Crippen molar-refractivity contribution in [3.8, 4) is 34.7 Å². The van der Waals surface area contributed by atoms with Crippen LogP contribution in [0, 0.1) is 28.1 Å². The van der Waals surface area contributed by atoms with Gasteiger partial charge in [0.1, 0.15) is 0 Å². The Balaban J connectivity index is 0.000000687. The fourth-order valence-electron chi connectivity index (χ4n) is 3.75. The third-order valence-electron chi connectivity index (χ3n) is 5.28. The molecule has 0 saturated heterocycles. The number of hydrogen-bond donors (Lipinski definition) is 0. The summed E-state index contributed by atoms with van der Waals surface area (Å²) in [6, 6.07) is 6.36. The van der Waals surface area contributed by atoms with Crippen molar-refractivity contribution in [2.75, 3.05) is 0 Å². The van der Waals surface area contributed by atoms with Gasteiger partial charge in [-0.05, 0) is 25.8 Å². The van der Waals surface area contributed by atoms with Crippen molar-refractivity contribution >= 4 is 5.52 Å². The molecule has 0 aliphatic heterocycles. The summed E-state index contributed by atoms with van der Waals surface area (Å²) in [5, 5.41) is 29.7. The molecule has 150 valence electrons. The van der Waals surface area contributed by atoms with Gasteiger partial charge in [-0.1, -0.05) is 0 Å². The van der Waals surface area contributed by atoms with E-state index < -0.39 is 0 Å². The number of aromatic nitrogens is 7. The van der Waals surface area contributed by atoms with Crippen molar-refractivity contribution in [3.05, 3.63) is 43.2 Å². The van der Waals surface area contributed by atoms with Crippen LogP contribution in [-0.4, -0.2) is 34.2 Å². The minimum absolute atomic E-state index is 0.228. The molecular weight excluding hydrogens is 378 g/mol. The monoisotopic (exact) mass is 399 g/mol. The highest BCUT2D eigenvalue weighted by molar-refractivity contribution is 5.78. The van der Waals surface area contributed by atoms with Gasteiger partial charge in [-0.15, -0.1) is 0 Å². The second-order valence-electron chi connectivity index (χ2n) is 7.71. The van der Waals surface area contributed by atoms with Gasteiger partial charge in [0.15, 0.2) is 0 Å². The molecule has 0 atom stereocenters. The first-order valence-electron chi connectivity index (χ1n) is 9.56. The number of nitriles is 2. The first-order chi connectivity index (χ1) is 14.5. The third kappa shape index (κ3) is 3.42. The fourth-order valence-corrected chi connectivity index (χ4v) is 3.75. The van der Waals surface area contributed by atoms with E-state index in [2.05, 4.69) is 21.4 Å². The number of aryl methyl sites for hydroxylation is 1. The SMILES string of the molecule is CC#N.Cn1cc(-c2cn3nccc3c(-c3cnn(C4CC(C)(C#N)C4)c3)n2)cn1. The molecule has 0 aromatic carbocycles. The van der Waals surface area contributed by atoms with Crippen molar-refractivity contribution < 1.29 is 0 Å². The van der Waals surface area contributed by atoms with Gasteiger partial charge in [0.05, 0.1) is 65.3 Å². The quantitative estimate of drug-likeness (QED) is 0.522. The Labute approximate surface area is 173 Å². The molecule has 1 aliphatic rings. The molecule has 4 aromatic rings. The smallest absolute Gasteiger partial charge is 0.0999 e. The maximum atomic E-state index is 9.22. The zero-order valence-electron chi connectivity index (χ0n) is 17.1. The van der Waals surface area contributed by atoms with Crippen molar-refractivity contribution in [1.82, 2.24) is 34.2 Å². The van der Waals surface area contributed by atoms with Gasteiger partial charge in [0.25, 0.3) is 0 Å². The lowest BCUT2D eigenvalue weighted by Crippen LogP contribution is -2.35. The van der Waals surface area contributed by atoms with Gasteiger partial charge in [-0.25, -0.2) is 9.50 Å². The van der Waals surface area contributed by atoms with Crippen molar-refractivity contribution in [2.45, 2.75) is 32.7 Å². The topological polar surface area (TPSA) is 113 Å². The largest absolute Gasteiger partial charge is 0.275 e. The Bertz CT molecular complexity index is 1270. The van der Waals surface area contributed by atoms with Crippen LogP contribution >= 0.6 is 0 Å². The van der Waals surface area contributed by atoms with E-state index in [1.807, 2.05) is 54.0 Å². The predicted octanol–water partition coefficient (Wildman–Crippen LogP) is 3.39. The van der Waals surface area contributed by atoms with E-state index in [4.69, 9.17) is 10.2 Å². The molecular formula is C21H21N9. The minimum atomic E-state index is -0.228. The summed E-state index contributed by atoms with van der Waals surface area (Å²) in [6.45, 7) is 3.43. The highest BCUT2D eigenvalue weighted by atomic mass is 15.3. The standard InChI is InChI=1S/C19H18N8.C2H3N/c1-19(12-20)5-15(6-19)26-10-14(8-23-26)18-17-3-4-21-27(17)11-16(24-18)13-7-22-25(2)9-13;1-2-3/h3-4,7-11,15H,5-6H2,1-2H3;1H3. The van der Waals surface area contributed by atoms with E-state index in [-0.39, 0.29) is 11.5 Å². The molecule has 9 heteroatoms. The molecule has 0 bridgehead atoms. The third-order valence-corrected chi connectivity index (χ3v) is 5.28. The van der Waals surface area contributed by atoms with Crippen LogP contribution in [0.4, 0.5) is 0 Å². The van der Waals surface area contributed by atoms with Crippen molar-refractivity contribution in [2.24, 2.45) is 12.5 Å². The molecule has 1 saturated carbocycles. The predicted molar refractivity (Wildman–Crippen MR) is 110 cm³/mol. The average molecular weight is 399 g/mol. The first kappa shape index (κ1) is 19.3. The van der Waals surface area contributed by atoms with E-state index in [0.29, 0.717) is 0 Å². The molecule has 0 unspecified atom stereocenters. The normalized spacial score (nSPS) is 20.0. The van der Waals surface area contributed by atoms with Crippen molar-refractivity contribution in [1.29, 1.82) is 10.5 Å². The molecule has 30 heavy (non-hydrogen) atoms. The second-order valence-corrected chi connectivity index (χ2v) is 7.71. The average Bonchev–Trinajstić information content (AvgIpc) is 3.45. The summed E-state index contributed by atoms with van der Waals surface area (Å²) in [4.78, 5) is 4.87. The zero-order chi connectivity index (χ0) is 21.3. The Morgan fingerprint density at radius 1 is 1.07 bits per heavy atom. The lowest BCUT2D eigenvalue weighted by Gasteiger charge is -2.39. The Hall–Kier alpha value is -3.98. The van der Waals surface area contributed by atoms with Crippen LogP contribution < -0.4 is 0 Å². The number of rotatable bonds is 3. The van der Waals surface area contributed by atoms with Crippen molar-refractivity contribution in [3.63, 3.8) is 0 Å². The molecule has 1 fully saturated rings. The second kappa shape index (κ2) is 7.45. The van der Waals surface area contributed by atoms with E-state index in [1.54, 1.807) is 23.1 Å². The zero-order valence-corrected chi connectivity index (χ0v) is 17.1. The van der Waals surface area contributed by atoms with Crippen LogP contribution in [0.2, 0.25) is 0 Å². The summed E-state index contributed by atoms with van der Waals surface area (Å²) in [5.41, 5.74) is 4.22. The van der Waals surface area contributed by atoms with Gasteiger partial charge >= 0.3 is 0 Å². The lowest BCUT2D eigenvalue weighted by atomic mass is 9.68. The Morgan fingerprint density at radius 3 is 2.47 bits per heavy atom. The van der Waals surface area contributed by atoms with Gasteiger partial charge in [0, 0.05) is 37.5 Å². The molecule has 1 aliphatic carbocycles. The molecule has 4 aromatic heterocycles. The molecule has 9 nitrogen and oxygen atoms in total. The van der Waals surface area contributed by atoms with Gasteiger partial charge in [-0.2, -0.15) is 25.8 Å². The van der Waals surface area contributed by atoms with E-state index >= 15 is 0 Å². The van der Waals surface area contributed by atoms with Crippen LogP contribution in [0.1, 0.15) is 32.7 Å². The summed E-state index contributed by atoms with van der Waals surface area (Å²) in [6.07, 6.45) is 12.9. The molecule has 0 amide bonds. The molecule has 4 heterocycles. The van der Waals surface area contributed by atoms with Crippen LogP contribution in [-0.2, 0) is 7.05 Å². The summed E-state index contributed by atoms with van der Waals surface area (Å²) in [7, 11) is 1.88. The Morgan fingerprint density at radius 2 is 1.80 bits per heavy atom. The fraction of sp³-hybridized carbons (Fsp3) is 0.333. The van der Waals surface area contributed by atoms with E-state index in [9.17, 15) is 5.26 Å². The maximum absolute atomic E-state index is 9.22. The van der Waals surface area contributed by atoms with Gasteiger partial charge in [-0.3, -0.25) is 9.36 Å². The highest BCUT2D eigenvalue weighted by Gasteiger charge is 2.42. The molecule has 0 radical (unpaired) electrons.